The van der Waals surface area contributed by atoms with Crippen molar-refractivity contribution >= 4 is 38.6 Å². The molecular weight excluding hydrogens is 318 g/mol. The number of halogens is 1. The Morgan fingerprint density at radius 1 is 1.40 bits per heavy atom. The van der Waals surface area contributed by atoms with Gasteiger partial charge in [-0.05, 0) is 31.5 Å². The number of nitrogens with zero attached hydrogens (tertiary/aromatic N) is 1. The van der Waals surface area contributed by atoms with Gasteiger partial charge in [-0.25, -0.2) is 18.1 Å². The predicted molar refractivity (Wildman–Crippen MR) is 81.5 cm³/mol. The van der Waals surface area contributed by atoms with E-state index in [1.165, 1.54) is 17.4 Å². The molecule has 0 amide bonds. The molecule has 0 aliphatic rings. The molecule has 8 heteroatoms. The molecule has 5 nitrogen and oxygen atoms in total. The zero-order chi connectivity index (χ0) is 14.9. The summed E-state index contributed by atoms with van der Waals surface area (Å²) in [5, 5.41) is 0.849. The normalized spacial score (nSPS) is 11.8. The number of nitrogen functional groups attached to an aromatic ring is 1. The Balaban J connectivity index is 2.24. The first-order valence-corrected chi connectivity index (χ1v) is 8.44. The van der Waals surface area contributed by atoms with Crippen molar-refractivity contribution in [1.29, 1.82) is 0 Å². The fraction of sp³-hybridized carbons (Fsp3) is 0.250. The lowest BCUT2D eigenvalue weighted by Crippen LogP contribution is -2.23. The summed E-state index contributed by atoms with van der Waals surface area (Å²) in [6.07, 6.45) is 1.70. The number of aromatic nitrogens is 1. The summed E-state index contributed by atoms with van der Waals surface area (Å²) in [5.74, 6) is 0. The number of hydrogen-bond donors (Lipinski definition) is 2. The molecule has 2 aromatic rings. The Labute approximate surface area is 126 Å². The van der Waals surface area contributed by atoms with Crippen molar-refractivity contribution in [2.45, 2.75) is 25.3 Å². The Morgan fingerprint density at radius 3 is 2.70 bits per heavy atom. The van der Waals surface area contributed by atoms with Crippen molar-refractivity contribution in [2.75, 3.05) is 5.73 Å². The predicted octanol–water partition coefficient (Wildman–Crippen LogP) is 2.47. The van der Waals surface area contributed by atoms with E-state index in [0.717, 1.165) is 10.4 Å². The topological polar surface area (TPSA) is 85.1 Å². The standard InChI is InChI=1S/C12H14ClN3O2S2/c1-7-3-9(13)11(4-10(7)14)20(17,18)16-6-12-15-5-8(2)19-12/h3-5,16H,6,14H2,1-2H3. The number of sulfonamides is 1. The average Bonchev–Trinajstić information content (AvgIpc) is 2.77. The Kier molecular flexibility index (Phi) is 4.33. The number of anilines is 1. The van der Waals surface area contributed by atoms with Crippen molar-refractivity contribution in [1.82, 2.24) is 9.71 Å². The Hall–Kier alpha value is -1.15. The molecule has 0 unspecified atom stereocenters. The van der Waals surface area contributed by atoms with Crippen LogP contribution in [0.4, 0.5) is 5.69 Å². The highest BCUT2D eigenvalue weighted by Crippen LogP contribution is 2.26. The molecule has 0 saturated heterocycles. The quantitative estimate of drug-likeness (QED) is 0.843. The Morgan fingerprint density at radius 2 is 2.10 bits per heavy atom. The number of nitrogens with one attached hydrogen (secondary N) is 1. The highest BCUT2D eigenvalue weighted by Gasteiger charge is 2.19. The van der Waals surface area contributed by atoms with Crippen molar-refractivity contribution in [2.24, 2.45) is 0 Å². The van der Waals surface area contributed by atoms with E-state index < -0.39 is 10.0 Å². The summed E-state index contributed by atoms with van der Waals surface area (Å²) in [4.78, 5) is 5.11. The number of thiazole rings is 1. The monoisotopic (exact) mass is 331 g/mol. The lowest BCUT2D eigenvalue weighted by Gasteiger charge is -2.09. The van der Waals surface area contributed by atoms with Crippen LogP contribution in [0.3, 0.4) is 0 Å². The van der Waals surface area contributed by atoms with E-state index in [4.69, 9.17) is 17.3 Å². The van der Waals surface area contributed by atoms with Gasteiger partial charge in [0.1, 0.15) is 9.90 Å². The molecular formula is C12H14ClN3O2S2. The second kappa shape index (κ2) is 5.69. The molecule has 20 heavy (non-hydrogen) atoms. The van der Waals surface area contributed by atoms with Crippen LogP contribution in [0.25, 0.3) is 0 Å². The van der Waals surface area contributed by atoms with Crippen LogP contribution in [0, 0.1) is 13.8 Å². The van der Waals surface area contributed by atoms with Crippen LogP contribution < -0.4 is 10.5 Å². The zero-order valence-electron chi connectivity index (χ0n) is 11.0. The fourth-order valence-corrected chi connectivity index (χ4v) is 4.01. The number of nitrogens with two attached hydrogens (primary N) is 1. The number of aryl methyl sites for hydroxylation is 2. The maximum atomic E-state index is 12.2. The molecule has 0 radical (unpaired) electrons. The van der Waals surface area contributed by atoms with Crippen LogP contribution in [-0.4, -0.2) is 13.4 Å². The van der Waals surface area contributed by atoms with Gasteiger partial charge in [0.15, 0.2) is 0 Å². The maximum Gasteiger partial charge on any atom is 0.242 e. The molecule has 108 valence electrons. The maximum absolute atomic E-state index is 12.2. The second-order valence-corrected chi connectivity index (χ2v) is 7.79. The molecule has 0 aliphatic heterocycles. The van der Waals surface area contributed by atoms with Gasteiger partial charge in [-0.3, -0.25) is 0 Å². The van der Waals surface area contributed by atoms with Crippen LogP contribution >= 0.6 is 22.9 Å². The molecule has 0 saturated carbocycles. The van der Waals surface area contributed by atoms with Crippen molar-refractivity contribution in [3.63, 3.8) is 0 Å². The third-order valence-corrected chi connectivity index (χ3v) is 5.47. The van der Waals surface area contributed by atoms with Crippen molar-refractivity contribution in [3.8, 4) is 0 Å². The lowest BCUT2D eigenvalue weighted by molar-refractivity contribution is 0.581. The molecule has 0 aliphatic carbocycles. The molecule has 0 fully saturated rings. The molecule has 3 N–H and O–H groups in total. The van der Waals surface area contributed by atoms with E-state index in [1.807, 2.05) is 6.92 Å². The zero-order valence-corrected chi connectivity index (χ0v) is 13.4. The third kappa shape index (κ3) is 3.29. The van der Waals surface area contributed by atoms with Gasteiger partial charge in [-0.1, -0.05) is 11.6 Å². The van der Waals surface area contributed by atoms with E-state index in [-0.39, 0.29) is 16.5 Å². The molecule has 0 spiro atoms. The average molecular weight is 332 g/mol. The van der Waals surface area contributed by atoms with Crippen LogP contribution in [0.15, 0.2) is 23.2 Å². The summed E-state index contributed by atoms with van der Waals surface area (Å²) >= 11 is 7.42. The van der Waals surface area contributed by atoms with Gasteiger partial charge < -0.3 is 5.73 Å². The van der Waals surface area contributed by atoms with Gasteiger partial charge in [-0.15, -0.1) is 11.3 Å². The Bertz CT molecular complexity index is 741. The van der Waals surface area contributed by atoms with Gasteiger partial charge in [-0.2, -0.15) is 0 Å². The molecule has 2 rings (SSSR count). The van der Waals surface area contributed by atoms with Crippen molar-refractivity contribution < 1.29 is 8.42 Å². The minimum atomic E-state index is -3.71. The molecule has 1 heterocycles. The molecule has 0 atom stereocenters. The van der Waals surface area contributed by atoms with Crippen LogP contribution in [0.1, 0.15) is 15.4 Å². The molecule has 1 aromatic heterocycles. The van der Waals surface area contributed by atoms with E-state index in [0.29, 0.717) is 10.7 Å². The van der Waals surface area contributed by atoms with E-state index >= 15 is 0 Å². The summed E-state index contributed by atoms with van der Waals surface area (Å²) < 4.78 is 26.9. The number of rotatable bonds is 4. The first kappa shape index (κ1) is 15.2. The number of benzene rings is 1. The van der Waals surface area contributed by atoms with Gasteiger partial charge in [0.25, 0.3) is 0 Å². The second-order valence-electron chi connectivity index (χ2n) is 4.33. The van der Waals surface area contributed by atoms with Crippen LogP contribution in [-0.2, 0) is 16.6 Å². The van der Waals surface area contributed by atoms with Crippen LogP contribution in [0.5, 0.6) is 0 Å². The summed E-state index contributed by atoms with van der Waals surface area (Å²) in [6, 6.07) is 2.91. The summed E-state index contributed by atoms with van der Waals surface area (Å²) in [5.41, 5.74) is 6.86. The lowest BCUT2D eigenvalue weighted by atomic mass is 10.2. The highest BCUT2D eigenvalue weighted by molar-refractivity contribution is 7.89. The third-order valence-electron chi connectivity index (χ3n) is 2.69. The van der Waals surface area contributed by atoms with E-state index in [2.05, 4.69) is 9.71 Å². The SMILES string of the molecule is Cc1cnc(CNS(=O)(=O)c2cc(N)c(C)cc2Cl)s1. The first-order chi connectivity index (χ1) is 9.29. The molecule has 1 aromatic carbocycles. The summed E-state index contributed by atoms with van der Waals surface area (Å²) in [6.45, 7) is 3.81. The van der Waals surface area contributed by atoms with Gasteiger partial charge in [0.2, 0.25) is 10.0 Å². The highest BCUT2D eigenvalue weighted by atomic mass is 35.5. The van der Waals surface area contributed by atoms with Gasteiger partial charge >= 0.3 is 0 Å². The minimum absolute atomic E-state index is 0.0180. The largest absolute Gasteiger partial charge is 0.398 e. The van der Waals surface area contributed by atoms with Gasteiger partial charge in [0.05, 0.1) is 11.6 Å². The smallest absolute Gasteiger partial charge is 0.242 e. The summed E-state index contributed by atoms with van der Waals surface area (Å²) in [7, 11) is -3.71. The van der Waals surface area contributed by atoms with E-state index in [1.54, 1.807) is 19.2 Å². The molecule has 0 bridgehead atoms. The van der Waals surface area contributed by atoms with Gasteiger partial charge in [0, 0.05) is 16.8 Å². The fourth-order valence-electron chi connectivity index (χ4n) is 1.59. The van der Waals surface area contributed by atoms with E-state index in [9.17, 15) is 8.42 Å². The van der Waals surface area contributed by atoms with Crippen LogP contribution in [0.2, 0.25) is 5.02 Å². The number of hydrogen-bond acceptors (Lipinski definition) is 5. The minimum Gasteiger partial charge on any atom is -0.398 e. The first-order valence-electron chi connectivity index (χ1n) is 5.76. The van der Waals surface area contributed by atoms with Crippen molar-refractivity contribution in [3.05, 3.63) is 38.8 Å².